The molecule has 0 aliphatic carbocycles. The van der Waals surface area contributed by atoms with Crippen LogP contribution in [0.1, 0.15) is 64.1 Å². The number of phenols is 1. The van der Waals surface area contributed by atoms with E-state index in [4.69, 9.17) is 9.97 Å². The normalized spacial score (nSPS) is 12.1. The second-order valence-electron chi connectivity index (χ2n) is 17.4. The van der Waals surface area contributed by atoms with Crippen LogP contribution in [0.25, 0.3) is 83.9 Å². The van der Waals surface area contributed by atoms with Gasteiger partial charge >= 0.3 is 0 Å². The van der Waals surface area contributed by atoms with Crippen molar-refractivity contribution in [3.05, 3.63) is 192 Å². The molecule has 61 heavy (non-hydrogen) atoms. The summed E-state index contributed by atoms with van der Waals surface area (Å²) in [6.07, 6.45) is 1.89. The Morgan fingerprint density at radius 2 is 1.23 bits per heavy atom. The molecule has 0 aliphatic rings. The lowest BCUT2D eigenvalue weighted by molar-refractivity contribution is 0.472. The van der Waals surface area contributed by atoms with Crippen LogP contribution < -0.4 is 0 Å². The van der Waals surface area contributed by atoms with E-state index in [1.165, 1.54) is 5.56 Å². The topological polar surface area (TPSA) is 50.9 Å². The molecule has 0 unspecified atom stereocenters. The molecule has 0 amide bonds. The lowest BCUT2D eigenvalue weighted by Crippen LogP contribution is -2.13. The van der Waals surface area contributed by atoms with Gasteiger partial charge in [-0.05, 0) is 141 Å². The van der Waals surface area contributed by atoms with Gasteiger partial charge in [0.15, 0.2) is 0 Å². The largest absolute Gasteiger partial charge is 0.507 e. The van der Waals surface area contributed by atoms with Gasteiger partial charge in [0, 0.05) is 24.4 Å². The van der Waals surface area contributed by atoms with E-state index in [9.17, 15) is 6.48 Å². The number of rotatable bonds is 8. The standard InChI is InChI=1S/C57H51N3O/c1-36(2)49-35-45(25-26-47(49)48-21-14-15-23-51(48)57(5,6)7)60-53-24-16-22-46(54(53)59-56(60)50-30-37(3)29-38(4)55(50)61)43-31-42(40-19-12-9-13-20-40)32-44(33-43)52-34-41(27-28-58-52)39-17-10-8-11-18-39/h8-36,61H,1-7H3/i36D. The van der Waals surface area contributed by atoms with E-state index in [1.54, 1.807) is 0 Å². The maximum atomic E-state index is 11.8. The fraction of sp³-hybridized carbons (Fsp3) is 0.158. The van der Waals surface area contributed by atoms with E-state index in [-0.39, 0.29) is 11.2 Å². The number of hydrogen-bond donors (Lipinski definition) is 1. The van der Waals surface area contributed by atoms with Crippen LogP contribution in [-0.2, 0) is 5.41 Å². The summed E-state index contributed by atoms with van der Waals surface area (Å²) in [6, 6.07) is 57.1. The fourth-order valence-corrected chi connectivity index (χ4v) is 8.72. The van der Waals surface area contributed by atoms with Crippen molar-refractivity contribution in [1.29, 1.82) is 0 Å². The van der Waals surface area contributed by atoms with Gasteiger partial charge in [-0.1, -0.05) is 144 Å². The molecule has 0 saturated carbocycles. The molecule has 0 bridgehead atoms. The molecule has 2 aromatic heterocycles. The van der Waals surface area contributed by atoms with Crippen molar-refractivity contribution < 1.29 is 6.48 Å². The molecular weight excluding hydrogens is 743 g/mol. The van der Waals surface area contributed by atoms with Gasteiger partial charge in [-0.25, -0.2) is 4.98 Å². The number of para-hydroxylation sites is 1. The molecule has 4 nitrogen and oxygen atoms in total. The Hall–Kier alpha value is -7.04. The number of benzene rings is 7. The summed E-state index contributed by atoms with van der Waals surface area (Å²) >= 11 is 0. The van der Waals surface area contributed by atoms with Gasteiger partial charge in [-0.2, -0.15) is 0 Å². The summed E-state index contributed by atoms with van der Waals surface area (Å²) in [6.45, 7) is 14.6. The van der Waals surface area contributed by atoms with Crippen LogP contribution in [0.2, 0.25) is 0 Å². The Morgan fingerprint density at radius 3 is 1.95 bits per heavy atom. The minimum absolute atomic E-state index is 0.0954. The van der Waals surface area contributed by atoms with Gasteiger partial charge in [0.25, 0.3) is 0 Å². The summed E-state index contributed by atoms with van der Waals surface area (Å²) in [7, 11) is 0. The number of aromatic hydroxyl groups is 1. The highest BCUT2D eigenvalue weighted by atomic mass is 16.3. The molecule has 0 saturated heterocycles. The predicted octanol–water partition coefficient (Wildman–Crippen LogP) is 15.2. The number of hydrogen-bond acceptors (Lipinski definition) is 3. The van der Waals surface area contributed by atoms with Crippen molar-refractivity contribution in [2.24, 2.45) is 0 Å². The lowest BCUT2D eigenvalue weighted by atomic mass is 9.80. The zero-order chi connectivity index (χ0) is 43.3. The van der Waals surface area contributed by atoms with Crippen LogP contribution in [-0.4, -0.2) is 19.6 Å². The minimum atomic E-state index is -0.930. The number of phenolic OH excluding ortho intramolecular Hbond substituents is 1. The average Bonchev–Trinajstić information content (AvgIpc) is 3.67. The second-order valence-corrected chi connectivity index (χ2v) is 17.4. The van der Waals surface area contributed by atoms with Crippen molar-refractivity contribution >= 4 is 11.0 Å². The van der Waals surface area contributed by atoms with Crippen LogP contribution in [0.5, 0.6) is 5.75 Å². The number of imidazole rings is 1. The van der Waals surface area contributed by atoms with Gasteiger partial charge in [0.05, 0.1) is 22.3 Å². The summed E-state index contributed by atoms with van der Waals surface area (Å²) in [5.41, 5.74) is 17.5. The van der Waals surface area contributed by atoms with E-state index in [0.29, 0.717) is 11.4 Å². The van der Waals surface area contributed by atoms with Crippen LogP contribution in [0.4, 0.5) is 0 Å². The van der Waals surface area contributed by atoms with Crippen LogP contribution in [0.15, 0.2) is 170 Å². The highest BCUT2D eigenvalue weighted by Gasteiger charge is 2.24. The molecule has 0 fully saturated rings. The van der Waals surface area contributed by atoms with E-state index in [0.717, 1.165) is 89.2 Å². The van der Waals surface area contributed by atoms with Crippen molar-refractivity contribution in [3.63, 3.8) is 0 Å². The molecule has 0 radical (unpaired) electrons. The van der Waals surface area contributed by atoms with Crippen molar-refractivity contribution in [2.45, 2.75) is 59.8 Å². The fourth-order valence-electron chi connectivity index (χ4n) is 8.72. The number of aromatic nitrogens is 3. The summed E-state index contributed by atoms with van der Waals surface area (Å²) in [4.78, 5) is 10.4. The Labute approximate surface area is 361 Å². The van der Waals surface area contributed by atoms with Gasteiger partial charge < -0.3 is 5.11 Å². The van der Waals surface area contributed by atoms with Crippen molar-refractivity contribution in [1.82, 2.24) is 14.5 Å². The van der Waals surface area contributed by atoms with Crippen molar-refractivity contribution in [2.75, 3.05) is 0 Å². The minimum Gasteiger partial charge on any atom is -0.507 e. The first-order valence-electron chi connectivity index (χ1n) is 21.5. The quantitative estimate of drug-likeness (QED) is 0.167. The van der Waals surface area contributed by atoms with Gasteiger partial charge in [0.1, 0.15) is 11.6 Å². The predicted molar refractivity (Wildman–Crippen MR) is 255 cm³/mol. The monoisotopic (exact) mass is 794 g/mol. The first-order chi connectivity index (χ1) is 29.7. The summed E-state index contributed by atoms with van der Waals surface area (Å²) < 4.78 is 11.7. The van der Waals surface area contributed by atoms with Gasteiger partial charge in [-0.3, -0.25) is 9.55 Å². The molecule has 0 spiro atoms. The van der Waals surface area contributed by atoms with Crippen LogP contribution in [0, 0.1) is 13.8 Å². The zero-order valence-corrected chi connectivity index (χ0v) is 36.0. The molecule has 7 aromatic carbocycles. The first-order valence-corrected chi connectivity index (χ1v) is 21.0. The molecule has 0 aliphatic heterocycles. The summed E-state index contributed by atoms with van der Waals surface area (Å²) in [5, 5.41) is 11.8. The average molecular weight is 795 g/mol. The number of aryl methyl sites for hydroxylation is 2. The molecule has 1 N–H and O–H groups in total. The smallest absolute Gasteiger partial charge is 0.149 e. The molecule has 9 rings (SSSR count). The molecule has 300 valence electrons. The SMILES string of the molecule is [2H]C(C)(C)c1cc(-n2c(-c3cc(C)cc(C)c3O)nc3c(-c4cc(-c5ccccc5)cc(-c5cc(-c6ccccc6)ccn5)c4)cccc32)ccc1-c1ccccc1C(C)(C)C. The maximum absolute atomic E-state index is 11.8. The van der Waals surface area contributed by atoms with Crippen molar-refractivity contribution in [3.8, 4) is 78.6 Å². The van der Waals surface area contributed by atoms with E-state index < -0.39 is 5.89 Å². The van der Waals surface area contributed by atoms with E-state index >= 15 is 0 Å². The zero-order valence-electron chi connectivity index (χ0n) is 37.0. The highest BCUT2D eigenvalue weighted by molar-refractivity contribution is 5.98. The highest BCUT2D eigenvalue weighted by Crippen LogP contribution is 2.43. The van der Waals surface area contributed by atoms with E-state index in [1.807, 2.05) is 58.2 Å². The third-order valence-electron chi connectivity index (χ3n) is 11.7. The summed E-state index contributed by atoms with van der Waals surface area (Å²) in [5.74, 6) is -0.103. The second kappa shape index (κ2) is 15.9. The van der Waals surface area contributed by atoms with Crippen LogP contribution >= 0.6 is 0 Å². The Kier molecular flexibility index (Phi) is 9.92. The molecule has 4 heteroatoms. The van der Waals surface area contributed by atoms with Gasteiger partial charge in [0.2, 0.25) is 0 Å². The lowest BCUT2D eigenvalue weighted by Gasteiger charge is -2.25. The number of nitrogens with zero attached hydrogens (tertiary/aromatic N) is 3. The van der Waals surface area contributed by atoms with E-state index in [2.05, 4.69) is 165 Å². The molecule has 0 atom stereocenters. The Morgan fingerprint density at radius 1 is 0.574 bits per heavy atom. The third-order valence-corrected chi connectivity index (χ3v) is 11.7. The molecular formula is C57H51N3O. The first kappa shape index (κ1) is 38.2. The Bertz CT molecular complexity index is 3120. The Balaban J connectivity index is 1.30. The maximum Gasteiger partial charge on any atom is 0.149 e. The number of pyridine rings is 1. The van der Waals surface area contributed by atoms with Crippen LogP contribution in [0.3, 0.4) is 0 Å². The third kappa shape index (κ3) is 7.55. The number of fused-ring (bicyclic) bond motifs is 1. The molecule has 2 heterocycles. The molecule has 9 aromatic rings. The van der Waals surface area contributed by atoms with Gasteiger partial charge in [-0.15, -0.1) is 0 Å².